The van der Waals surface area contributed by atoms with Gasteiger partial charge < -0.3 is 10.1 Å². The summed E-state index contributed by atoms with van der Waals surface area (Å²) in [6.45, 7) is 4.57. The Hall–Kier alpha value is -1.06. The van der Waals surface area contributed by atoms with Crippen LogP contribution >= 0.6 is 0 Å². The third-order valence-electron chi connectivity index (χ3n) is 4.85. The highest BCUT2D eigenvalue weighted by Gasteiger charge is 2.31. The highest BCUT2D eigenvalue weighted by Crippen LogP contribution is 2.30. The highest BCUT2D eigenvalue weighted by molar-refractivity contribution is 5.37. The van der Waals surface area contributed by atoms with Crippen LogP contribution in [0.2, 0.25) is 0 Å². The van der Waals surface area contributed by atoms with E-state index in [1.54, 1.807) is 0 Å². The van der Waals surface area contributed by atoms with Gasteiger partial charge in [-0.3, -0.25) is 4.90 Å². The lowest BCUT2D eigenvalue weighted by atomic mass is 9.95. The summed E-state index contributed by atoms with van der Waals surface area (Å²) in [5.41, 5.74) is 1.37. The van der Waals surface area contributed by atoms with Crippen LogP contribution in [-0.4, -0.2) is 43.2 Å². The Balaban J connectivity index is 1.62. The molecule has 0 aromatic heterocycles. The molecule has 1 N–H and O–H groups in total. The quantitative estimate of drug-likeness (QED) is 0.913. The van der Waals surface area contributed by atoms with Crippen LogP contribution in [0.15, 0.2) is 24.3 Å². The summed E-state index contributed by atoms with van der Waals surface area (Å²) in [5, 5.41) is 3.42. The molecule has 3 atom stereocenters. The molecule has 2 aliphatic rings. The Morgan fingerprint density at radius 3 is 3.00 bits per heavy atom. The van der Waals surface area contributed by atoms with Crippen LogP contribution in [-0.2, 0) is 6.42 Å². The second-order valence-electron chi connectivity index (χ2n) is 6.19. The van der Waals surface area contributed by atoms with Crippen molar-refractivity contribution in [3.05, 3.63) is 29.8 Å². The number of likely N-dealkylation sites (N-methyl/N-ethyl adjacent to an activating group) is 1. The molecule has 0 radical (unpaired) electrons. The molecule has 1 aromatic rings. The van der Waals surface area contributed by atoms with Crippen molar-refractivity contribution in [2.75, 3.05) is 20.1 Å². The van der Waals surface area contributed by atoms with Crippen LogP contribution in [0.25, 0.3) is 0 Å². The van der Waals surface area contributed by atoms with E-state index in [0.717, 1.165) is 18.7 Å². The first-order valence-corrected chi connectivity index (χ1v) is 7.94. The van der Waals surface area contributed by atoms with Gasteiger partial charge in [0.2, 0.25) is 0 Å². The number of ether oxygens (including phenoxy) is 1. The summed E-state index contributed by atoms with van der Waals surface area (Å²) in [7, 11) is 2.07. The van der Waals surface area contributed by atoms with E-state index in [4.69, 9.17) is 4.74 Å². The third kappa shape index (κ3) is 2.84. The molecule has 0 saturated carbocycles. The van der Waals surface area contributed by atoms with E-state index in [1.165, 1.54) is 31.4 Å². The van der Waals surface area contributed by atoms with E-state index in [1.807, 2.05) is 0 Å². The molecule has 3 unspecified atom stereocenters. The number of hydrogen-bond donors (Lipinski definition) is 1. The van der Waals surface area contributed by atoms with Gasteiger partial charge in [0.25, 0.3) is 0 Å². The number of fused-ring (bicyclic) bond motifs is 1. The molecule has 1 fully saturated rings. The lowest BCUT2D eigenvalue weighted by molar-refractivity contribution is 0.0749. The zero-order valence-corrected chi connectivity index (χ0v) is 12.6. The first-order chi connectivity index (χ1) is 9.78. The Morgan fingerprint density at radius 2 is 2.20 bits per heavy atom. The predicted molar refractivity (Wildman–Crippen MR) is 82.3 cm³/mol. The SMILES string of the molecule is CNC(C)C1CCCCN1CC1Cc2ccccc2O1. The van der Waals surface area contributed by atoms with Gasteiger partial charge in [-0.2, -0.15) is 0 Å². The second-order valence-corrected chi connectivity index (χ2v) is 6.19. The molecule has 1 saturated heterocycles. The van der Waals surface area contributed by atoms with Gasteiger partial charge in [-0.15, -0.1) is 0 Å². The molecule has 110 valence electrons. The van der Waals surface area contributed by atoms with E-state index in [0.29, 0.717) is 18.2 Å². The molecular weight excluding hydrogens is 248 g/mol. The van der Waals surface area contributed by atoms with E-state index in [-0.39, 0.29) is 0 Å². The fraction of sp³-hybridized carbons (Fsp3) is 0.647. The number of piperidine rings is 1. The summed E-state index contributed by atoms with van der Waals surface area (Å²) >= 11 is 0. The van der Waals surface area contributed by atoms with Crippen molar-refractivity contribution in [2.24, 2.45) is 0 Å². The van der Waals surface area contributed by atoms with Crippen LogP contribution in [0, 0.1) is 0 Å². The monoisotopic (exact) mass is 274 g/mol. The molecule has 2 heterocycles. The van der Waals surface area contributed by atoms with Crippen LogP contribution < -0.4 is 10.1 Å². The normalized spacial score (nSPS) is 27.9. The molecule has 2 aliphatic heterocycles. The number of nitrogens with one attached hydrogen (secondary N) is 1. The minimum atomic E-state index is 0.331. The van der Waals surface area contributed by atoms with E-state index in [9.17, 15) is 0 Å². The number of rotatable bonds is 4. The van der Waals surface area contributed by atoms with Crippen LogP contribution in [0.1, 0.15) is 31.7 Å². The average Bonchev–Trinajstić information content (AvgIpc) is 2.89. The summed E-state index contributed by atoms with van der Waals surface area (Å²) in [6, 6.07) is 9.67. The van der Waals surface area contributed by atoms with Crippen LogP contribution in [0.4, 0.5) is 0 Å². The lowest BCUT2D eigenvalue weighted by Gasteiger charge is -2.40. The Morgan fingerprint density at radius 1 is 1.35 bits per heavy atom. The maximum atomic E-state index is 6.11. The Labute approximate surface area is 122 Å². The molecule has 0 amide bonds. The van der Waals surface area contributed by atoms with Crippen LogP contribution in [0.3, 0.4) is 0 Å². The van der Waals surface area contributed by atoms with Gasteiger partial charge in [-0.1, -0.05) is 24.6 Å². The Bertz CT molecular complexity index is 423. The van der Waals surface area contributed by atoms with Crippen LogP contribution in [0.5, 0.6) is 5.75 Å². The second kappa shape index (κ2) is 6.15. The van der Waals surface area contributed by atoms with Gasteiger partial charge in [0, 0.05) is 25.0 Å². The zero-order valence-electron chi connectivity index (χ0n) is 12.6. The maximum absolute atomic E-state index is 6.11. The van der Waals surface area contributed by atoms with Crippen molar-refractivity contribution in [3.63, 3.8) is 0 Å². The van der Waals surface area contributed by atoms with Crippen molar-refractivity contribution in [1.29, 1.82) is 0 Å². The van der Waals surface area contributed by atoms with E-state index in [2.05, 4.69) is 48.5 Å². The molecule has 3 heteroatoms. The van der Waals surface area contributed by atoms with Crippen molar-refractivity contribution in [2.45, 2.75) is 50.8 Å². The largest absolute Gasteiger partial charge is 0.488 e. The van der Waals surface area contributed by atoms with Crippen molar-refractivity contribution >= 4 is 0 Å². The van der Waals surface area contributed by atoms with Gasteiger partial charge in [-0.05, 0) is 45.0 Å². The van der Waals surface area contributed by atoms with Gasteiger partial charge in [0.05, 0.1) is 0 Å². The number of hydrogen-bond acceptors (Lipinski definition) is 3. The highest BCUT2D eigenvalue weighted by atomic mass is 16.5. The topological polar surface area (TPSA) is 24.5 Å². The molecule has 1 aromatic carbocycles. The first kappa shape index (κ1) is 13.9. The summed E-state index contributed by atoms with van der Waals surface area (Å²) in [5.74, 6) is 1.09. The van der Waals surface area contributed by atoms with E-state index < -0.39 is 0 Å². The summed E-state index contributed by atoms with van der Waals surface area (Å²) < 4.78 is 6.11. The Kier molecular flexibility index (Phi) is 4.27. The lowest BCUT2D eigenvalue weighted by Crippen LogP contribution is -2.52. The number of para-hydroxylation sites is 1. The average molecular weight is 274 g/mol. The van der Waals surface area contributed by atoms with Gasteiger partial charge >= 0.3 is 0 Å². The van der Waals surface area contributed by atoms with Gasteiger partial charge in [0.15, 0.2) is 0 Å². The molecule has 0 bridgehead atoms. The zero-order chi connectivity index (χ0) is 13.9. The summed E-state index contributed by atoms with van der Waals surface area (Å²) in [6.07, 6.45) is 5.39. The molecular formula is C17H26N2O. The minimum absolute atomic E-state index is 0.331. The first-order valence-electron chi connectivity index (χ1n) is 7.94. The number of benzene rings is 1. The maximum Gasteiger partial charge on any atom is 0.123 e. The van der Waals surface area contributed by atoms with E-state index >= 15 is 0 Å². The minimum Gasteiger partial charge on any atom is -0.488 e. The molecule has 3 rings (SSSR count). The standard InChI is InChI=1S/C17H26N2O/c1-13(18-2)16-8-5-6-10-19(16)12-15-11-14-7-3-4-9-17(14)20-15/h3-4,7,9,13,15-16,18H,5-6,8,10-12H2,1-2H3. The third-order valence-corrected chi connectivity index (χ3v) is 4.85. The summed E-state index contributed by atoms with van der Waals surface area (Å²) in [4.78, 5) is 2.64. The molecule has 20 heavy (non-hydrogen) atoms. The predicted octanol–water partition coefficient (Wildman–Crippen LogP) is 2.45. The van der Waals surface area contributed by atoms with Crippen molar-refractivity contribution in [1.82, 2.24) is 10.2 Å². The molecule has 0 spiro atoms. The molecule has 3 nitrogen and oxygen atoms in total. The van der Waals surface area contributed by atoms with Gasteiger partial charge in [0.1, 0.15) is 11.9 Å². The van der Waals surface area contributed by atoms with Gasteiger partial charge in [-0.25, -0.2) is 0 Å². The smallest absolute Gasteiger partial charge is 0.123 e. The van der Waals surface area contributed by atoms with Crippen molar-refractivity contribution < 1.29 is 4.74 Å². The fourth-order valence-corrected chi connectivity index (χ4v) is 3.62. The molecule has 0 aliphatic carbocycles. The van der Waals surface area contributed by atoms with Crippen molar-refractivity contribution in [3.8, 4) is 5.75 Å². The fourth-order valence-electron chi connectivity index (χ4n) is 3.62. The number of likely N-dealkylation sites (tertiary alicyclic amines) is 1. The number of nitrogens with zero attached hydrogens (tertiary/aromatic N) is 1.